The Bertz CT molecular complexity index is 365. The fraction of sp³-hybridized carbons (Fsp3) is 1.00. The summed E-state index contributed by atoms with van der Waals surface area (Å²) in [6, 6.07) is 2.35. The standard InChI is InChI=1S/C21H50O3Si3/c1-9-12-14-16-18-20-25(4,5)23-26(6,7)24-27(8,22-11-3)21-19-17-15-13-10-2/h9-21H2,1-8H3. The first kappa shape index (κ1) is 27.5. The van der Waals surface area contributed by atoms with E-state index < -0.39 is 25.4 Å². The van der Waals surface area contributed by atoms with Crippen LogP contribution in [-0.2, 0) is 12.7 Å². The summed E-state index contributed by atoms with van der Waals surface area (Å²) in [4.78, 5) is 0. The first-order chi connectivity index (χ1) is 12.6. The molecule has 0 saturated carbocycles. The van der Waals surface area contributed by atoms with Gasteiger partial charge in [0.25, 0.3) is 0 Å². The van der Waals surface area contributed by atoms with Gasteiger partial charge in [0, 0.05) is 6.61 Å². The molecule has 0 aromatic heterocycles. The van der Waals surface area contributed by atoms with Gasteiger partial charge in [-0.2, -0.15) is 0 Å². The van der Waals surface area contributed by atoms with Crippen molar-refractivity contribution in [3.63, 3.8) is 0 Å². The van der Waals surface area contributed by atoms with Gasteiger partial charge in [0.1, 0.15) is 0 Å². The van der Waals surface area contributed by atoms with Crippen molar-refractivity contribution in [3.8, 4) is 0 Å². The Labute approximate surface area is 174 Å². The smallest absolute Gasteiger partial charge is 0.326 e. The van der Waals surface area contributed by atoms with E-state index in [1.54, 1.807) is 0 Å². The maximum atomic E-state index is 6.73. The minimum atomic E-state index is -2.16. The summed E-state index contributed by atoms with van der Waals surface area (Å²) in [5.74, 6) is 0. The minimum Gasteiger partial charge on any atom is -0.436 e. The van der Waals surface area contributed by atoms with Crippen molar-refractivity contribution in [1.29, 1.82) is 0 Å². The van der Waals surface area contributed by atoms with Crippen LogP contribution >= 0.6 is 0 Å². The average molecular weight is 435 g/mol. The van der Waals surface area contributed by atoms with Crippen LogP contribution in [0.4, 0.5) is 0 Å². The molecule has 0 aliphatic rings. The molecule has 0 bridgehead atoms. The molecule has 0 heterocycles. The Morgan fingerprint density at radius 3 is 1.52 bits per heavy atom. The van der Waals surface area contributed by atoms with Gasteiger partial charge in [-0.05, 0) is 51.7 Å². The predicted molar refractivity (Wildman–Crippen MR) is 128 cm³/mol. The van der Waals surface area contributed by atoms with Crippen molar-refractivity contribution >= 4 is 25.4 Å². The predicted octanol–water partition coefficient (Wildman–Crippen LogP) is 7.98. The molecule has 164 valence electrons. The molecule has 27 heavy (non-hydrogen) atoms. The van der Waals surface area contributed by atoms with E-state index in [0.717, 1.165) is 12.7 Å². The van der Waals surface area contributed by atoms with E-state index in [-0.39, 0.29) is 0 Å². The lowest BCUT2D eigenvalue weighted by molar-refractivity contribution is 0.234. The fourth-order valence-electron chi connectivity index (χ4n) is 3.92. The highest BCUT2D eigenvalue weighted by Crippen LogP contribution is 2.28. The monoisotopic (exact) mass is 434 g/mol. The lowest BCUT2D eigenvalue weighted by Gasteiger charge is -2.39. The zero-order chi connectivity index (χ0) is 20.8. The van der Waals surface area contributed by atoms with Gasteiger partial charge in [0.15, 0.2) is 8.32 Å². The van der Waals surface area contributed by atoms with Gasteiger partial charge in [-0.25, -0.2) is 0 Å². The normalized spacial score (nSPS) is 15.1. The van der Waals surface area contributed by atoms with Gasteiger partial charge < -0.3 is 12.7 Å². The van der Waals surface area contributed by atoms with Crippen LogP contribution in [-0.4, -0.2) is 32.0 Å². The summed E-state index contributed by atoms with van der Waals surface area (Å²) in [5.41, 5.74) is 0. The molecular weight excluding hydrogens is 384 g/mol. The van der Waals surface area contributed by atoms with Crippen molar-refractivity contribution in [2.45, 2.75) is 130 Å². The zero-order valence-electron chi connectivity index (χ0n) is 19.9. The quantitative estimate of drug-likeness (QED) is 0.162. The summed E-state index contributed by atoms with van der Waals surface area (Å²) >= 11 is 0. The van der Waals surface area contributed by atoms with Gasteiger partial charge >= 0.3 is 17.1 Å². The fourth-order valence-corrected chi connectivity index (χ4v) is 17.7. The van der Waals surface area contributed by atoms with E-state index in [9.17, 15) is 0 Å². The van der Waals surface area contributed by atoms with Gasteiger partial charge in [0.2, 0.25) is 0 Å². The molecule has 0 amide bonds. The molecule has 1 unspecified atom stereocenters. The summed E-state index contributed by atoms with van der Waals surface area (Å²) in [7, 11) is -5.97. The Kier molecular flexibility index (Phi) is 14.8. The van der Waals surface area contributed by atoms with Crippen LogP contribution in [0.25, 0.3) is 0 Å². The Balaban J connectivity index is 4.55. The molecule has 0 fully saturated rings. The second-order valence-corrected chi connectivity index (χ2v) is 20.8. The highest BCUT2D eigenvalue weighted by Gasteiger charge is 2.42. The van der Waals surface area contributed by atoms with E-state index in [4.69, 9.17) is 12.7 Å². The molecule has 0 N–H and O–H groups in total. The topological polar surface area (TPSA) is 27.7 Å². The molecule has 0 radical (unpaired) electrons. The van der Waals surface area contributed by atoms with Crippen molar-refractivity contribution in [2.75, 3.05) is 6.61 Å². The van der Waals surface area contributed by atoms with E-state index >= 15 is 0 Å². The SMILES string of the molecule is CCCCCCC[Si](C)(C)O[Si](C)(C)O[Si](C)(CCCCCCC)OCC. The average Bonchev–Trinajstić information content (AvgIpc) is 2.52. The van der Waals surface area contributed by atoms with Crippen LogP contribution in [0.3, 0.4) is 0 Å². The van der Waals surface area contributed by atoms with Crippen LogP contribution in [0.15, 0.2) is 0 Å². The van der Waals surface area contributed by atoms with E-state index in [1.165, 1.54) is 70.3 Å². The second-order valence-electron chi connectivity index (χ2n) is 9.26. The first-order valence-electron chi connectivity index (χ1n) is 11.6. The molecule has 0 aromatic rings. The number of hydrogen-bond acceptors (Lipinski definition) is 3. The third-order valence-corrected chi connectivity index (χ3v) is 16.6. The molecule has 0 aliphatic carbocycles. The van der Waals surface area contributed by atoms with Crippen molar-refractivity contribution < 1.29 is 12.7 Å². The van der Waals surface area contributed by atoms with Crippen molar-refractivity contribution in [2.24, 2.45) is 0 Å². The van der Waals surface area contributed by atoms with Gasteiger partial charge in [-0.1, -0.05) is 78.1 Å². The minimum absolute atomic E-state index is 0.750. The first-order valence-corrected chi connectivity index (χ1v) is 20.1. The van der Waals surface area contributed by atoms with Gasteiger partial charge in [-0.3, -0.25) is 0 Å². The molecule has 0 aliphatic heterocycles. The van der Waals surface area contributed by atoms with E-state index in [0.29, 0.717) is 0 Å². The number of unbranched alkanes of at least 4 members (excludes halogenated alkanes) is 8. The van der Waals surface area contributed by atoms with Gasteiger partial charge in [-0.15, -0.1) is 0 Å². The summed E-state index contributed by atoms with van der Waals surface area (Å²) in [6.07, 6.45) is 13.2. The van der Waals surface area contributed by atoms with Crippen molar-refractivity contribution in [3.05, 3.63) is 0 Å². The van der Waals surface area contributed by atoms with Gasteiger partial charge in [0.05, 0.1) is 0 Å². The second kappa shape index (κ2) is 14.5. The van der Waals surface area contributed by atoms with Crippen molar-refractivity contribution in [1.82, 2.24) is 0 Å². The van der Waals surface area contributed by atoms with Crippen LogP contribution in [0.5, 0.6) is 0 Å². The molecule has 1 atom stereocenters. The summed E-state index contributed by atoms with van der Waals surface area (Å²) < 4.78 is 19.6. The highest BCUT2D eigenvalue weighted by atomic mass is 28.5. The Morgan fingerprint density at radius 1 is 0.556 bits per heavy atom. The summed E-state index contributed by atoms with van der Waals surface area (Å²) in [6.45, 7) is 18.9. The van der Waals surface area contributed by atoms with Crippen LogP contribution in [0, 0.1) is 0 Å². The molecule has 0 saturated heterocycles. The lowest BCUT2D eigenvalue weighted by Crippen LogP contribution is -2.54. The van der Waals surface area contributed by atoms with Crippen LogP contribution in [0.1, 0.15) is 85.0 Å². The number of hydrogen-bond donors (Lipinski definition) is 0. The van der Waals surface area contributed by atoms with Crippen LogP contribution < -0.4 is 0 Å². The van der Waals surface area contributed by atoms with Crippen LogP contribution in [0.2, 0.25) is 44.8 Å². The van der Waals surface area contributed by atoms with E-state index in [2.05, 4.69) is 53.5 Å². The highest BCUT2D eigenvalue weighted by molar-refractivity contribution is 6.86. The molecule has 0 spiro atoms. The maximum Gasteiger partial charge on any atom is 0.326 e. The maximum absolute atomic E-state index is 6.73. The third kappa shape index (κ3) is 15.1. The molecule has 0 rings (SSSR count). The van der Waals surface area contributed by atoms with E-state index in [1.807, 2.05) is 0 Å². The molecule has 3 nitrogen and oxygen atoms in total. The molecule has 0 aromatic carbocycles. The zero-order valence-corrected chi connectivity index (χ0v) is 22.9. The largest absolute Gasteiger partial charge is 0.436 e. The number of rotatable bonds is 18. The lowest BCUT2D eigenvalue weighted by atomic mass is 10.2. The summed E-state index contributed by atoms with van der Waals surface area (Å²) in [5, 5.41) is 0. The third-order valence-electron chi connectivity index (χ3n) is 5.05. The molecular formula is C21H50O3Si3. The Morgan fingerprint density at radius 2 is 1.04 bits per heavy atom. The molecule has 6 heteroatoms. The Hall–Kier alpha value is 0.531.